The van der Waals surface area contributed by atoms with E-state index >= 15 is 0 Å². The number of thiocarbonyl (C=S) groups is 1. The van der Waals surface area contributed by atoms with Crippen LogP contribution in [0.1, 0.15) is 10.4 Å². The van der Waals surface area contributed by atoms with Crippen molar-refractivity contribution in [3.05, 3.63) is 76.1 Å². The highest BCUT2D eigenvalue weighted by Gasteiger charge is 2.17. The zero-order chi connectivity index (χ0) is 20.3. The third kappa shape index (κ3) is 4.04. The number of carbonyl (C=O) groups is 1. The van der Waals surface area contributed by atoms with Crippen LogP contribution in [0.2, 0.25) is 0 Å². The maximum absolute atomic E-state index is 13.4. The van der Waals surface area contributed by atoms with Gasteiger partial charge in [-0.15, -0.1) is 0 Å². The smallest absolute Gasteiger partial charge is 0.306 e. The number of methoxy groups -OCH3 is 1. The Kier molecular flexibility index (Phi) is 5.46. The van der Waals surface area contributed by atoms with Gasteiger partial charge in [0.1, 0.15) is 5.75 Å². The number of halogens is 1. The fourth-order valence-electron chi connectivity index (χ4n) is 2.63. The summed E-state index contributed by atoms with van der Waals surface area (Å²) >= 11 is 5.08. The topological polar surface area (TPSA) is 93.5 Å². The third-order valence-corrected chi connectivity index (χ3v) is 4.14. The van der Waals surface area contributed by atoms with E-state index in [2.05, 4.69) is 10.6 Å². The minimum atomic E-state index is -0.966. The fraction of sp³-hybridized carbons (Fsp3) is 0.0526. The van der Waals surface area contributed by atoms with Gasteiger partial charge in [0.2, 0.25) is 5.82 Å². The average molecular weight is 399 g/mol. The maximum atomic E-state index is 13.4. The van der Waals surface area contributed by atoms with Crippen LogP contribution in [0.25, 0.3) is 10.8 Å². The van der Waals surface area contributed by atoms with Gasteiger partial charge in [0.15, 0.2) is 5.11 Å². The maximum Gasteiger partial charge on any atom is 0.306 e. The summed E-state index contributed by atoms with van der Waals surface area (Å²) in [6.45, 7) is 0. The molecule has 3 rings (SSSR count). The number of nitrogens with zero attached hydrogens (tertiary/aromatic N) is 1. The first-order valence-electron chi connectivity index (χ1n) is 8.02. The van der Waals surface area contributed by atoms with E-state index in [1.807, 2.05) is 24.3 Å². The van der Waals surface area contributed by atoms with Gasteiger partial charge >= 0.3 is 5.69 Å². The zero-order valence-corrected chi connectivity index (χ0v) is 15.4. The van der Waals surface area contributed by atoms with Crippen molar-refractivity contribution in [1.82, 2.24) is 5.32 Å². The average Bonchev–Trinajstić information content (AvgIpc) is 2.68. The Morgan fingerprint density at radius 3 is 2.46 bits per heavy atom. The van der Waals surface area contributed by atoms with Gasteiger partial charge in [0.05, 0.1) is 17.6 Å². The molecule has 3 aromatic rings. The van der Waals surface area contributed by atoms with E-state index < -0.39 is 22.3 Å². The molecule has 0 bridgehead atoms. The molecule has 0 atom stereocenters. The van der Waals surface area contributed by atoms with E-state index in [4.69, 9.17) is 17.0 Å². The summed E-state index contributed by atoms with van der Waals surface area (Å²) in [5.41, 5.74) is -0.255. The Bertz CT molecular complexity index is 1100. The number of hydrogen-bond acceptors (Lipinski definition) is 5. The number of anilines is 1. The Morgan fingerprint density at radius 2 is 1.82 bits per heavy atom. The second-order valence-electron chi connectivity index (χ2n) is 5.73. The van der Waals surface area contributed by atoms with Gasteiger partial charge in [-0.05, 0) is 47.3 Å². The van der Waals surface area contributed by atoms with Gasteiger partial charge in [-0.2, -0.15) is 4.39 Å². The highest BCUT2D eigenvalue weighted by atomic mass is 32.1. The summed E-state index contributed by atoms with van der Waals surface area (Å²) < 4.78 is 18.7. The summed E-state index contributed by atoms with van der Waals surface area (Å²) in [6.07, 6.45) is 0. The van der Waals surface area contributed by atoms with Crippen molar-refractivity contribution in [2.75, 3.05) is 12.4 Å². The SMILES string of the molecule is COc1cc2ccccc2cc1C(=O)NC(=S)Nc1ccc(F)c([N+](=O)[O-])c1. The molecule has 142 valence electrons. The first kappa shape index (κ1) is 19.2. The molecule has 9 heteroatoms. The number of ether oxygens (including phenoxy) is 1. The molecule has 1 amide bonds. The van der Waals surface area contributed by atoms with Crippen LogP contribution in [0.15, 0.2) is 54.6 Å². The highest BCUT2D eigenvalue weighted by Crippen LogP contribution is 2.26. The Morgan fingerprint density at radius 1 is 1.14 bits per heavy atom. The van der Waals surface area contributed by atoms with E-state index in [1.54, 1.807) is 12.1 Å². The van der Waals surface area contributed by atoms with E-state index in [-0.39, 0.29) is 16.4 Å². The van der Waals surface area contributed by atoms with Crippen molar-refractivity contribution in [3.8, 4) is 5.75 Å². The van der Waals surface area contributed by atoms with Crippen molar-refractivity contribution in [2.24, 2.45) is 0 Å². The summed E-state index contributed by atoms with van der Waals surface area (Å²) in [5.74, 6) is -1.11. The summed E-state index contributed by atoms with van der Waals surface area (Å²) in [5, 5.41) is 17.6. The van der Waals surface area contributed by atoms with Gasteiger partial charge in [-0.25, -0.2) is 0 Å². The number of nitro groups is 1. The first-order chi connectivity index (χ1) is 13.4. The Labute approximate surface area is 164 Å². The second kappa shape index (κ2) is 7.97. The van der Waals surface area contributed by atoms with Gasteiger partial charge in [0, 0.05) is 11.8 Å². The number of amides is 1. The van der Waals surface area contributed by atoms with Crippen molar-refractivity contribution in [1.29, 1.82) is 0 Å². The van der Waals surface area contributed by atoms with Crippen LogP contribution in [-0.4, -0.2) is 23.1 Å². The molecule has 3 aromatic carbocycles. The summed E-state index contributed by atoms with van der Waals surface area (Å²) in [4.78, 5) is 22.6. The van der Waals surface area contributed by atoms with Crippen molar-refractivity contribution in [2.45, 2.75) is 0 Å². The Hall–Kier alpha value is -3.59. The zero-order valence-electron chi connectivity index (χ0n) is 14.6. The molecule has 0 aliphatic rings. The second-order valence-corrected chi connectivity index (χ2v) is 6.14. The lowest BCUT2D eigenvalue weighted by Crippen LogP contribution is -2.34. The van der Waals surface area contributed by atoms with Crippen LogP contribution in [0.5, 0.6) is 5.75 Å². The number of rotatable bonds is 4. The fourth-order valence-corrected chi connectivity index (χ4v) is 2.84. The predicted octanol–water partition coefficient (Wildman–Crippen LogP) is 4.02. The van der Waals surface area contributed by atoms with Gasteiger partial charge in [0.25, 0.3) is 5.91 Å². The lowest BCUT2D eigenvalue weighted by molar-refractivity contribution is -0.387. The van der Waals surface area contributed by atoms with Crippen molar-refractivity contribution in [3.63, 3.8) is 0 Å². The van der Waals surface area contributed by atoms with Crippen molar-refractivity contribution >= 4 is 45.4 Å². The summed E-state index contributed by atoms with van der Waals surface area (Å²) in [7, 11) is 1.45. The van der Waals surface area contributed by atoms with E-state index in [1.165, 1.54) is 13.2 Å². The number of nitrogens with one attached hydrogen (secondary N) is 2. The molecule has 0 radical (unpaired) electrons. The highest BCUT2D eigenvalue weighted by molar-refractivity contribution is 7.80. The van der Waals surface area contributed by atoms with Crippen LogP contribution in [0, 0.1) is 15.9 Å². The molecule has 0 heterocycles. The lowest BCUT2D eigenvalue weighted by atomic mass is 10.1. The monoisotopic (exact) mass is 399 g/mol. The number of fused-ring (bicyclic) bond motifs is 1. The molecule has 28 heavy (non-hydrogen) atoms. The standard InChI is InChI=1S/C19H14FN3O4S/c1-27-17-9-12-5-3-2-4-11(12)8-14(17)18(24)22-19(28)21-13-6-7-15(20)16(10-13)23(25)26/h2-10H,1H3,(H2,21,22,24,28). The van der Waals surface area contributed by atoms with Crippen LogP contribution in [0.3, 0.4) is 0 Å². The molecule has 0 aromatic heterocycles. The van der Waals surface area contributed by atoms with E-state index in [9.17, 15) is 19.3 Å². The van der Waals surface area contributed by atoms with Crippen molar-refractivity contribution < 1.29 is 18.8 Å². The number of hydrogen-bond donors (Lipinski definition) is 2. The van der Waals surface area contributed by atoms with Gasteiger partial charge < -0.3 is 10.1 Å². The molecule has 0 unspecified atom stereocenters. The quantitative estimate of drug-likeness (QED) is 0.391. The predicted molar refractivity (Wildman–Crippen MR) is 107 cm³/mol. The molecule has 0 saturated carbocycles. The van der Waals surface area contributed by atoms with Gasteiger partial charge in [-0.1, -0.05) is 24.3 Å². The van der Waals surface area contributed by atoms with E-state index in [0.717, 1.165) is 22.9 Å². The number of nitro benzene ring substituents is 1. The van der Waals surface area contributed by atoms with E-state index in [0.29, 0.717) is 5.75 Å². The third-order valence-electron chi connectivity index (χ3n) is 3.94. The Balaban J connectivity index is 1.79. The minimum absolute atomic E-state index is 0.0962. The normalized spacial score (nSPS) is 10.4. The molecule has 0 aliphatic heterocycles. The molecule has 0 fully saturated rings. The number of benzene rings is 3. The van der Waals surface area contributed by atoms with Crippen LogP contribution in [-0.2, 0) is 0 Å². The van der Waals surface area contributed by atoms with Gasteiger partial charge in [-0.3, -0.25) is 20.2 Å². The molecule has 0 aliphatic carbocycles. The molecule has 2 N–H and O–H groups in total. The lowest BCUT2D eigenvalue weighted by Gasteiger charge is -2.13. The molecular weight excluding hydrogens is 385 g/mol. The number of carbonyl (C=O) groups excluding carboxylic acids is 1. The summed E-state index contributed by atoms with van der Waals surface area (Å²) in [6, 6.07) is 14.1. The molecule has 0 saturated heterocycles. The van der Waals surface area contributed by atoms with Crippen LogP contribution in [0.4, 0.5) is 15.8 Å². The molecule has 0 spiro atoms. The van der Waals surface area contributed by atoms with Crippen LogP contribution >= 0.6 is 12.2 Å². The largest absolute Gasteiger partial charge is 0.496 e. The molecule has 7 nitrogen and oxygen atoms in total. The first-order valence-corrected chi connectivity index (χ1v) is 8.43. The minimum Gasteiger partial charge on any atom is -0.496 e. The van der Waals surface area contributed by atoms with Crippen LogP contribution < -0.4 is 15.4 Å². The molecular formula is C19H14FN3O4S.